The summed E-state index contributed by atoms with van der Waals surface area (Å²) >= 11 is 5.88. The molecular weight excluding hydrogens is 250 g/mol. The van der Waals surface area contributed by atoms with E-state index in [1.54, 1.807) is 6.07 Å². The van der Waals surface area contributed by atoms with Crippen LogP contribution in [0.3, 0.4) is 0 Å². The molecule has 2 rings (SSSR count). The van der Waals surface area contributed by atoms with E-state index in [1.165, 1.54) is 0 Å². The first-order valence-electron chi connectivity index (χ1n) is 5.90. The summed E-state index contributed by atoms with van der Waals surface area (Å²) in [6.07, 6.45) is 6.06. The lowest BCUT2D eigenvalue weighted by Crippen LogP contribution is -2.46. The molecule has 0 aromatic carbocycles. The third kappa shape index (κ3) is 3.25. The third-order valence-corrected chi connectivity index (χ3v) is 3.16. The molecule has 1 fully saturated rings. The summed E-state index contributed by atoms with van der Waals surface area (Å²) in [6.45, 7) is 4.71. The van der Waals surface area contributed by atoms with Crippen LogP contribution in [0, 0.1) is 12.3 Å². The van der Waals surface area contributed by atoms with Crippen molar-refractivity contribution in [1.82, 2.24) is 14.9 Å². The number of piperazine rings is 1. The van der Waals surface area contributed by atoms with Crippen LogP contribution >= 0.6 is 11.6 Å². The van der Waals surface area contributed by atoms with E-state index in [4.69, 9.17) is 23.8 Å². The van der Waals surface area contributed by atoms with Gasteiger partial charge in [-0.05, 0) is 0 Å². The standard InChI is InChI=1S/C12H16ClN5/c1-2-3-4-17-5-7-18(8-6-17)11-9-10(13)15-12(14)16-11/h1,9H,3-8H2,(H2,14,15,16). The molecule has 1 aliphatic heterocycles. The molecule has 5 nitrogen and oxygen atoms in total. The largest absolute Gasteiger partial charge is 0.368 e. The minimum Gasteiger partial charge on any atom is -0.368 e. The molecule has 0 aliphatic carbocycles. The number of halogens is 1. The third-order valence-electron chi connectivity index (χ3n) is 2.97. The SMILES string of the molecule is C#CCCN1CCN(c2cc(Cl)nc(N)n2)CC1. The number of nitrogens with zero attached hydrogens (tertiary/aromatic N) is 4. The Labute approximate surface area is 112 Å². The zero-order valence-electron chi connectivity index (χ0n) is 10.1. The van der Waals surface area contributed by atoms with E-state index in [0.717, 1.165) is 45.0 Å². The van der Waals surface area contributed by atoms with E-state index in [9.17, 15) is 0 Å². The van der Waals surface area contributed by atoms with E-state index in [2.05, 4.69) is 25.7 Å². The zero-order chi connectivity index (χ0) is 13.0. The maximum Gasteiger partial charge on any atom is 0.223 e. The Balaban J connectivity index is 1.95. The predicted octanol–water partition coefficient (Wildman–Crippen LogP) is 0.857. The van der Waals surface area contributed by atoms with Crippen molar-refractivity contribution in [2.24, 2.45) is 0 Å². The normalized spacial score (nSPS) is 16.6. The summed E-state index contributed by atoms with van der Waals surface area (Å²) in [7, 11) is 0. The quantitative estimate of drug-likeness (QED) is 0.649. The highest BCUT2D eigenvalue weighted by molar-refractivity contribution is 6.29. The lowest BCUT2D eigenvalue weighted by atomic mass is 10.3. The monoisotopic (exact) mass is 265 g/mol. The molecule has 6 heteroatoms. The van der Waals surface area contributed by atoms with E-state index in [1.807, 2.05) is 0 Å². The lowest BCUT2D eigenvalue weighted by molar-refractivity contribution is 0.263. The van der Waals surface area contributed by atoms with Gasteiger partial charge in [0.15, 0.2) is 0 Å². The van der Waals surface area contributed by atoms with Gasteiger partial charge in [0.2, 0.25) is 5.95 Å². The molecule has 0 spiro atoms. The molecule has 1 aromatic heterocycles. The first-order valence-corrected chi connectivity index (χ1v) is 6.27. The molecule has 0 saturated carbocycles. The van der Waals surface area contributed by atoms with Gasteiger partial charge in [0.1, 0.15) is 11.0 Å². The summed E-state index contributed by atoms with van der Waals surface area (Å²) in [4.78, 5) is 12.6. The molecule has 2 N–H and O–H groups in total. The summed E-state index contributed by atoms with van der Waals surface area (Å²) in [5.41, 5.74) is 5.59. The Morgan fingerprint density at radius 3 is 2.67 bits per heavy atom. The average molecular weight is 266 g/mol. The van der Waals surface area contributed by atoms with Crippen LogP contribution in [0.1, 0.15) is 6.42 Å². The van der Waals surface area contributed by atoms with Crippen LogP contribution in [0.15, 0.2) is 6.07 Å². The Kier molecular flexibility index (Phi) is 4.24. The van der Waals surface area contributed by atoms with Gasteiger partial charge in [-0.25, -0.2) is 4.98 Å². The first-order chi connectivity index (χ1) is 8.69. The molecule has 2 heterocycles. The molecule has 0 atom stereocenters. The van der Waals surface area contributed by atoms with Gasteiger partial charge in [-0.2, -0.15) is 4.98 Å². The van der Waals surface area contributed by atoms with E-state index in [-0.39, 0.29) is 5.95 Å². The van der Waals surface area contributed by atoms with Crippen molar-refractivity contribution in [3.63, 3.8) is 0 Å². The first kappa shape index (κ1) is 12.9. The number of nitrogen functional groups attached to an aromatic ring is 1. The molecule has 96 valence electrons. The Morgan fingerprint density at radius 1 is 1.33 bits per heavy atom. The van der Waals surface area contributed by atoms with Crippen molar-refractivity contribution in [1.29, 1.82) is 0 Å². The highest BCUT2D eigenvalue weighted by atomic mass is 35.5. The number of nitrogens with two attached hydrogens (primary N) is 1. The minimum absolute atomic E-state index is 0.215. The van der Waals surface area contributed by atoms with Gasteiger partial charge >= 0.3 is 0 Å². The van der Waals surface area contributed by atoms with Gasteiger partial charge in [-0.15, -0.1) is 12.3 Å². The van der Waals surface area contributed by atoms with Crippen molar-refractivity contribution in [2.75, 3.05) is 43.4 Å². The van der Waals surface area contributed by atoms with Crippen LogP contribution < -0.4 is 10.6 Å². The summed E-state index contributed by atoms with van der Waals surface area (Å²) in [5.74, 6) is 3.67. The number of aromatic nitrogens is 2. The van der Waals surface area contributed by atoms with Crippen LogP contribution in [0.2, 0.25) is 5.15 Å². The van der Waals surface area contributed by atoms with Gasteiger partial charge in [-0.3, -0.25) is 4.90 Å². The highest BCUT2D eigenvalue weighted by Gasteiger charge is 2.18. The topological polar surface area (TPSA) is 58.3 Å². The van der Waals surface area contributed by atoms with Crippen molar-refractivity contribution in [2.45, 2.75) is 6.42 Å². The number of hydrogen-bond donors (Lipinski definition) is 1. The van der Waals surface area contributed by atoms with Gasteiger partial charge in [-0.1, -0.05) is 11.6 Å². The number of terminal acetylenes is 1. The van der Waals surface area contributed by atoms with Crippen LogP contribution in [-0.4, -0.2) is 47.6 Å². The average Bonchev–Trinajstić information content (AvgIpc) is 2.36. The smallest absolute Gasteiger partial charge is 0.223 e. The maximum atomic E-state index is 5.88. The Bertz CT molecular complexity index is 428. The lowest BCUT2D eigenvalue weighted by Gasteiger charge is -2.35. The molecule has 18 heavy (non-hydrogen) atoms. The molecule has 1 aliphatic rings. The molecular formula is C12H16ClN5. The molecule has 0 unspecified atom stereocenters. The highest BCUT2D eigenvalue weighted by Crippen LogP contribution is 2.18. The van der Waals surface area contributed by atoms with Gasteiger partial charge in [0.25, 0.3) is 0 Å². The molecule has 1 aromatic rings. The fourth-order valence-corrected chi connectivity index (χ4v) is 2.19. The zero-order valence-corrected chi connectivity index (χ0v) is 10.9. The van der Waals surface area contributed by atoms with Crippen LogP contribution in [0.4, 0.5) is 11.8 Å². The fraction of sp³-hybridized carbons (Fsp3) is 0.500. The Morgan fingerprint density at radius 2 is 2.06 bits per heavy atom. The van der Waals surface area contributed by atoms with Gasteiger partial charge < -0.3 is 10.6 Å². The number of anilines is 2. The van der Waals surface area contributed by atoms with E-state index >= 15 is 0 Å². The molecule has 0 radical (unpaired) electrons. The van der Waals surface area contributed by atoms with Gasteiger partial charge in [0, 0.05) is 45.2 Å². The Hall–Kier alpha value is -1.51. The van der Waals surface area contributed by atoms with Crippen LogP contribution in [-0.2, 0) is 0 Å². The van der Waals surface area contributed by atoms with Crippen molar-refractivity contribution in [3.05, 3.63) is 11.2 Å². The maximum absolute atomic E-state index is 5.88. The van der Waals surface area contributed by atoms with Crippen molar-refractivity contribution >= 4 is 23.4 Å². The second kappa shape index (κ2) is 5.89. The van der Waals surface area contributed by atoms with Crippen LogP contribution in [0.25, 0.3) is 0 Å². The van der Waals surface area contributed by atoms with Gasteiger partial charge in [0.05, 0.1) is 0 Å². The van der Waals surface area contributed by atoms with Crippen molar-refractivity contribution in [3.8, 4) is 12.3 Å². The summed E-state index contributed by atoms with van der Waals surface area (Å²) in [5, 5.41) is 0.382. The van der Waals surface area contributed by atoms with Crippen molar-refractivity contribution < 1.29 is 0 Å². The molecule has 1 saturated heterocycles. The van der Waals surface area contributed by atoms with Crippen LogP contribution in [0.5, 0.6) is 0 Å². The second-order valence-electron chi connectivity index (χ2n) is 4.19. The number of rotatable bonds is 3. The molecule has 0 amide bonds. The molecule has 0 bridgehead atoms. The fourth-order valence-electron chi connectivity index (χ4n) is 2.01. The van der Waals surface area contributed by atoms with E-state index < -0.39 is 0 Å². The summed E-state index contributed by atoms with van der Waals surface area (Å²) in [6, 6.07) is 1.75. The van der Waals surface area contributed by atoms with E-state index in [0.29, 0.717) is 5.15 Å². The predicted molar refractivity (Wildman–Crippen MR) is 73.6 cm³/mol. The minimum atomic E-state index is 0.215. The number of hydrogen-bond acceptors (Lipinski definition) is 5. The second-order valence-corrected chi connectivity index (χ2v) is 4.58. The summed E-state index contributed by atoms with van der Waals surface area (Å²) < 4.78 is 0.